The van der Waals surface area contributed by atoms with Gasteiger partial charge in [-0.15, -0.1) is 10.2 Å². The van der Waals surface area contributed by atoms with E-state index in [1.54, 1.807) is 6.92 Å². The number of nitrogens with zero attached hydrogens (tertiary/aromatic N) is 3. The summed E-state index contributed by atoms with van der Waals surface area (Å²) in [6.45, 7) is 1.81. The van der Waals surface area contributed by atoms with Gasteiger partial charge in [-0.25, -0.2) is 4.39 Å². The van der Waals surface area contributed by atoms with E-state index in [1.807, 2.05) is 28.8 Å². The molecule has 1 atom stereocenters. The van der Waals surface area contributed by atoms with Crippen LogP contribution in [0, 0.1) is 5.82 Å². The highest BCUT2D eigenvalue weighted by Gasteiger charge is 2.19. The van der Waals surface area contributed by atoms with Crippen molar-refractivity contribution in [3.05, 3.63) is 60.0 Å². The first-order chi connectivity index (χ1) is 10.1. The Hall–Kier alpha value is -2.21. The highest BCUT2D eigenvalue weighted by atomic mass is 32.2. The predicted octanol–water partition coefficient (Wildman–Crippen LogP) is 3.23. The van der Waals surface area contributed by atoms with Gasteiger partial charge in [0.05, 0.1) is 5.25 Å². The van der Waals surface area contributed by atoms with Crippen molar-refractivity contribution in [2.75, 3.05) is 0 Å². The zero-order valence-corrected chi connectivity index (χ0v) is 12.0. The van der Waals surface area contributed by atoms with E-state index in [-0.39, 0.29) is 16.9 Å². The zero-order chi connectivity index (χ0) is 14.8. The number of ketones is 1. The van der Waals surface area contributed by atoms with Crippen LogP contribution in [0.3, 0.4) is 0 Å². The summed E-state index contributed by atoms with van der Waals surface area (Å²) in [4.78, 5) is 12.3. The number of thioether (sulfide) groups is 1. The van der Waals surface area contributed by atoms with Crippen molar-refractivity contribution in [1.82, 2.24) is 14.6 Å². The lowest BCUT2D eigenvalue weighted by Crippen LogP contribution is -2.14. The van der Waals surface area contributed by atoms with Gasteiger partial charge in [-0.2, -0.15) is 0 Å². The molecule has 0 saturated heterocycles. The van der Waals surface area contributed by atoms with Gasteiger partial charge in [0, 0.05) is 11.8 Å². The van der Waals surface area contributed by atoms with Crippen LogP contribution in [-0.2, 0) is 0 Å². The minimum absolute atomic E-state index is 0.0623. The lowest BCUT2D eigenvalue weighted by Gasteiger charge is -2.08. The lowest BCUT2D eigenvalue weighted by atomic mass is 10.1. The molecule has 3 aromatic rings. The zero-order valence-electron chi connectivity index (χ0n) is 11.2. The molecule has 21 heavy (non-hydrogen) atoms. The normalized spacial score (nSPS) is 12.5. The van der Waals surface area contributed by atoms with Crippen LogP contribution in [0.15, 0.2) is 53.8 Å². The second-order valence-electron chi connectivity index (χ2n) is 4.54. The van der Waals surface area contributed by atoms with Crippen LogP contribution in [0.2, 0.25) is 0 Å². The van der Waals surface area contributed by atoms with Crippen molar-refractivity contribution < 1.29 is 9.18 Å². The molecule has 0 bridgehead atoms. The van der Waals surface area contributed by atoms with E-state index in [2.05, 4.69) is 10.2 Å². The molecule has 6 heteroatoms. The largest absolute Gasteiger partial charge is 0.293 e. The number of rotatable bonds is 4. The van der Waals surface area contributed by atoms with Gasteiger partial charge in [-0.1, -0.05) is 17.8 Å². The van der Waals surface area contributed by atoms with Crippen molar-refractivity contribution >= 4 is 23.2 Å². The van der Waals surface area contributed by atoms with Gasteiger partial charge in [0.1, 0.15) is 5.82 Å². The number of aromatic nitrogens is 3. The minimum atomic E-state index is -0.352. The van der Waals surface area contributed by atoms with Crippen molar-refractivity contribution in [3.8, 4) is 0 Å². The summed E-state index contributed by atoms with van der Waals surface area (Å²) in [6.07, 6.45) is 1.85. The molecule has 0 unspecified atom stereocenters. The van der Waals surface area contributed by atoms with E-state index >= 15 is 0 Å². The Labute approximate surface area is 125 Å². The van der Waals surface area contributed by atoms with Gasteiger partial charge in [-0.05, 0) is 43.3 Å². The van der Waals surface area contributed by atoms with Crippen LogP contribution in [0.5, 0.6) is 0 Å². The molecule has 0 aliphatic carbocycles. The Kier molecular flexibility index (Phi) is 3.70. The molecule has 1 aromatic carbocycles. The van der Waals surface area contributed by atoms with E-state index in [1.165, 1.54) is 36.0 Å². The fourth-order valence-corrected chi connectivity index (χ4v) is 2.88. The smallest absolute Gasteiger partial charge is 0.196 e. The lowest BCUT2D eigenvalue weighted by molar-refractivity contribution is 0.0994. The molecule has 0 radical (unpaired) electrons. The monoisotopic (exact) mass is 301 g/mol. The molecule has 4 nitrogen and oxygen atoms in total. The van der Waals surface area contributed by atoms with Crippen LogP contribution < -0.4 is 0 Å². The molecular weight excluding hydrogens is 289 g/mol. The standard InChI is InChI=1S/C15H12FN3OS/c1-10(14(20)11-5-7-12(16)8-6-11)21-15-18-17-13-4-2-3-9-19(13)15/h2-10H,1H3/t10-/m1/s1. The SMILES string of the molecule is C[C@@H](Sc1nnc2ccccn12)C(=O)c1ccc(F)cc1. The molecule has 0 amide bonds. The average Bonchev–Trinajstić information content (AvgIpc) is 2.91. The first-order valence-electron chi connectivity index (χ1n) is 6.41. The maximum Gasteiger partial charge on any atom is 0.196 e. The second-order valence-corrected chi connectivity index (χ2v) is 5.85. The Balaban J connectivity index is 1.81. The van der Waals surface area contributed by atoms with E-state index < -0.39 is 0 Å². The molecule has 2 heterocycles. The van der Waals surface area contributed by atoms with Crippen molar-refractivity contribution in [2.45, 2.75) is 17.3 Å². The summed E-state index contributed by atoms with van der Waals surface area (Å²) in [6, 6.07) is 11.2. The number of carbonyl (C=O) groups excluding carboxylic acids is 1. The molecule has 106 valence electrons. The van der Waals surface area contributed by atoms with Gasteiger partial charge < -0.3 is 0 Å². The summed E-state index contributed by atoms with van der Waals surface area (Å²) >= 11 is 1.33. The molecule has 0 fully saturated rings. The van der Waals surface area contributed by atoms with Crippen LogP contribution >= 0.6 is 11.8 Å². The number of halogens is 1. The van der Waals surface area contributed by atoms with Crippen LogP contribution in [0.1, 0.15) is 17.3 Å². The van der Waals surface area contributed by atoms with E-state index in [0.29, 0.717) is 10.7 Å². The number of Topliss-reactive ketones (excluding diaryl/α,β-unsaturated/α-hetero) is 1. The van der Waals surface area contributed by atoms with Gasteiger partial charge in [0.2, 0.25) is 0 Å². The first-order valence-corrected chi connectivity index (χ1v) is 7.29. The Morgan fingerprint density at radius 2 is 1.95 bits per heavy atom. The van der Waals surface area contributed by atoms with E-state index in [9.17, 15) is 9.18 Å². The summed E-state index contributed by atoms with van der Waals surface area (Å²) in [5.41, 5.74) is 1.23. The summed E-state index contributed by atoms with van der Waals surface area (Å²) in [5.74, 6) is -0.414. The fraction of sp³-hybridized carbons (Fsp3) is 0.133. The topological polar surface area (TPSA) is 47.3 Å². The summed E-state index contributed by atoms with van der Waals surface area (Å²) in [5, 5.41) is 8.47. The number of carbonyl (C=O) groups is 1. The molecular formula is C15H12FN3OS. The first kappa shape index (κ1) is 13.8. The molecule has 2 aromatic heterocycles. The highest BCUT2D eigenvalue weighted by molar-refractivity contribution is 8.00. The van der Waals surface area contributed by atoms with Crippen LogP contribution in [0.4, 0.5) is 4.39 Å². The average molecular weight is 301 g/mol. The number of fused-ring (bicyclic) bond motifs is 1. The third-order valence-corrected chi connectivity index (χ3v) is 4.12. The van der Waals surface area contributed by atoms with Gasteiger partial charge in [-0.3, -0.25) is 9.20 Å². The third kappa shape index (κ3) is 2.80. The molecule has 0 spiro atoms. The molecule has 0 aliphatic rings. The molecule has 0 saturated carbocycles. The number of benzene rings is 1. The maximum atomic E-state index is 12.9. The maximum absolute atomic E-state index is 12.9. The summed E-state index contributed by atoms with van der Waals surface area (Å²) < 4.78 is 14.7. The van der Waals surface area contributed by atoms with Crippen molar-refractivity contribution in [3.63, 3.8) is 0 Å². The van der Waals surface area contributed by atoms with Gasteiger partial charge in [0.25, 0.3) is 0 Å². The van der Waals surface area contributed by atoms with Crippen molar-refractivity contribution in [1.29, 1.82) is 0 Å². The predicted molar refractivity (Wildman–Crippen MR) is 79.0 cm³/mol. The van der Waals surface area contributed by atoms with Crippen LogP contribution in [0.25, 0.3) is 5.65 Å². The fourth-order valence-electron chi connectivity index (χ4n) is 1.96. The minimum Gasteiger partial charge on any atom is -0.293 e. The number of pyridine rings is 1. The van der Waals surface area contributed by atoms with Gasteiger partial charge >= 0.3 is 0 Å². The number of hydrogen-bond donors (Lipinski definition) is 0. The summed E-state index contributed by atoms with van der Waals surface area (Å²) in [7, 11) is 0. The Bertz CT molecular complexity index is 785. The van der Waals surface area contributed by atoms with E-state index in [4.69, 9.17) is 0 Å². The van der Waals surface area contributed by atoms with Gasteiger partial charge in [0.15, 0.2) is 16.6 Å². The van der Waals surface area contributed by atoms with E-state index in [0.717, 1.165) is 5.65 Å². The highest BCUT2D eigenvalue weighted by Crippen LogP contribution is 2.24. The quantitative estimate of drug-likeness (QED) is 0.548. The molecule has 0 N–H and O–H groups in total. The molecule has 0 aliphatic heterocycles. The van der Waals surface area contributed by atoms with Crippen LogP contribution in [-0.4, -0.2) is 25.6 Å². The Morgan fingerprint density at radius 3 is 2.71 bits per heavy atom. The molecule has 3 rings (SSSR count). The Morgan fingerprint density at radius 1 is 1.19 bits per heavy atom. The van der Waals surface area contributed by atoms with Crippen molar-refractivity contribution in [2.24, 2.45) is 0 Å². The second kappa shape index (κ2) is 5.65. The third-order valence-electron chi connectivity index (χ3n) is 3.06. The number of hydrogen-bond acceptors (Lipinski definition) is 4.